The number of thioether (sulfide) groups is 1. The second-order valence-corrected chi connectivity index (χ2v) is 9.29. The van der Waals surface area contributed by atoms with Gasteiger partial charge in [-0.25, -0.2) is 4.98 Å². The first kappa shape index (κ1) is 17.2. The fourth-order valence-corrected chi connectivity index (χ4v) is 5.61. The number of aryl methyl sites for hydroxylation is 2. The first-order valence-corrected chi connectivity index (χ1v) is 10.9. The Hall–Kier alpha value is -1.19. The third-order valence-corrected chi connectivity index (χ3v) is 7.34. The number of thiophene rings is 1. The molecule has 4 rings (SSSR count). The van der Waals surface area contributed by atoms with Crippen molar-refractivity contribution in [2.45, 2.75) is 24.4 Å². The van der Waals surface area contributed by atoms with Gasteiger partial charge >= 0.3 is 0 Å². The van der Waals surface area contributed by atoms with Crippen LogP contribution in [0.15, 0.2) is 34.2 Å². The zero-order valence-corrected chi connectivity index (χ0v) is 17.3. The van der Waals surface area contributed by atoms with E-state index < -0.39 is 0 Å². The lowest BCUT2D eigenvalue weighted by Gasteiger charge is -2.07. The molecule has 0 radical (unpaired) electrons. The van der Waals surface area contributed by atoms with Crippen molar-refractivity contribution >= 4 is 61.7 Å². The van der Waals surface area contributed by atoms with Crippen molar-refractivity contribution in [2.75, 3.05) is 5.75 Å². The van der Waals surface area contributed by atoms with E-state index in [9.17, 15) is 9.59 Å². The molecule has 0 unspecified atom stereocenters. The van der Waals surface area contributed by atoms with Crippen LogP contribution in [0, 0.1) is 3.57 Å². The second-order valence-electron chi connectivity index (χ2n) is 6.01. The Morgan fingerprint density at radius 3 is 2.84 bits per heavy atom. The number of nitrogens with zero attached hydrogens (tertiary/aromatic N) is 2. The summed E-state index contributed by atoms with van der Waals surface area (Å²) < 4.78 is 2.68. The lowest BCUT2D eigenvalue weighted by atomic mass is 10.2. The molecule has 0 saturated carbocycles. The lowest BCUT2D eigenvalue weighted by Crippen LogP contribution is -2.20. The van der Waals surface area contributed by atoms with Gasteiger partial charge in [0.15, 0.2) is 10.9 Å². The molecule has 2 aromatic heterocycles. The molecule has 0 saturated heterocycles. The summed E-state index contributed by atoms with van der Waals surface area (Å²) >= 11 is 5.18. The van der Waals surface area contributed by atoms with Crippen LogP contribution in [0.2, 0.25) is 0 Å². The summed E-state index contributed by atoms with van der Waals surface area (Å²) in [4.78, 5) is 31.9. The maximum Gasteiger partial charge on any atom is 0.262 e. The molecule has 0 bridgehead atoms. The van der Waals surface area contributed by atoms with Gasteiger partial charge in [-0.3, -0.25) is 14.2 Å². The lowest BCUT2D eigenvalue weighted by molar-refractivity contribution is 0.102. The minimum absolute atomic E-state index is 0.00798. The standard InChI is InChI=1S/C18H15IN2O2S2/c1-21-17(23)15-12-3-2-4-14(12)25-16(15)20-18(21)24-9-13(22)10-5-7-11(19)8-6-10/h5-8H,2-4,9H2,1H3. The number of halogens is 1. The number of rotatable bonds is 4. The van der Waals surface area contributed by atoms with Crippen LogP contribution in [-0.4, -0.2) is 21.1 Å². The van der Waals surface area contributed by atoms with Crippen molar-refractivity contribution in [2.24, 2.45) is 7.05 Å². The highest BCUT2D eigenvalue weighted by atomic mass is 127. The number of carbonyl (C=O) groups excluding carboxylic acids is 1. The van der Waals surface area contributed by atoms with Gasteiger partial charge in [-0.05, 0) is 59.5 Å². The summed E-state index contributed by atoms with van der Waals surface area (Å²) in [5.41, 5.74) is 1.89. The molecule has 0 N–H and O–H groups in total. The molecule has 25 heavy (non-hydrogen) atoms. The first-order valence-electron chi connectivity index (χ1n) is 7.97. The highest BCUT2D eigenvalue weighted by molar-refractivity contribution is 14.1. The summed E-state index contributed by atoms with van der Waals surface area (Å²) in [6, 6.07) is 7.52. The Bertz CT molecular complexity index is 1040. The van der Waals surface area contributed by atoms with Gasteiger partial charge in [0.05, 0.1) is 11.1 Å². The number of carbonyl (C=O) groups is 1. The predicted molar refractivity (Wildman–Crippen MR) is 111 cm³/mol. The zero-order chi connectivity index (χ0) is 17.6. The van der Waals surface area contributed by atoms with Gasteiger partial charge in [0.2, 0.25) is 0 Å². The van der Waals surface area contributed by atoms with Gasteiger partial charge in [-0.2, -0.15) is 0 Å². The van der Waals surface area contributed by atoms with Crippen molar-refractivity contribution in [3.05, 3.63) is 54.2 Å². The molecule has 0 fully saturated rings. The number of ketones is 1. The summed E-state index contributed by atoms with van der Waals surface area (Å²) in [5, 5.41) is 1.39. The molecule has 1 aromatic carbocycles. The highest BCUT2D eigenvalue weighted by Crippen LogP contribution is 2.35. The van der Waals surface area contributed by atoms with E-state index in [0.29, 0.717) is 10.7 Å². The average Bonchev–Trinajstić information content (AvgIpc) is 3.17. The van der Waals surface area contributed by atoms with Gasteiger partial charge in [-0.1, -0.05) is 23.9 Å². The number of benzene rings is 1. The zero-order valence-electron chi connectivity index (χ0n) is 13.5. The summed E-state index contributed by atoms with van der Waals surface area (Å²) in [5.74, 6) is 0.321. The fourth-order valence-electron chi connectivity index (χ4n) is 3.08. The summed E-state index contributed by atoms with van der Waals surface area (Å²) in [6.07, 6.45) is 3.15. The molecule has 3 aromatic rings. The average molecular weight is 482 g/mol. The van der Waals surface area contributed by atoms with Crippen LogP contribution in [0.4, 0.5) is 0 Å². The Morgan fingerprint density at radius 2 is 2.08 bits per heavy atom. The Morgan fingerprint density at radius 1 is 1.32 bits per heavy atom. The second kappa shape index (κ2) is 6.85. The first-order chi connectivity index (χ1) is 12.0. The largest absolute Gasteiger partial charge is 0.293 e. The molecule has 2 heterocycles. The molecule has 1 aliphatic rings. The molecule has 0 spiro atoms. The van der Waals surface area contributed by atoms with Gasteiger partial charge < -0.3 is 0 Å². The fraction of sp³-hybridized carbons (Fsp3) is 0.278. The molecule has 1 aliphatic carbocycles. The Balaban J connectivity index is 1.61. The molecule has 0 amide bonds. The Kier molecular flexibility index (Phi) is 4.72. The van der Waals surface area contributed by atoms with Gasteiger partial charge in [0.25, 0.3) is 5.56 Å². The van der Waals surface area contributed by atoms with Gasteiger partial charge in [0.1, 0.15) is 4.83 Å². The van der Waals surface area contributed by atoms with Crippen molar-refractivity contribution in [3.8, 4) is 0 Å². The van der Waals surface area contributed by atoms with Crippen LogP contribution in [0.5, 0.6) is 0 Å². The monoisotopic (exact) mass is 482 g/mol. The predicted octanol–water partition coefficient (Wildman–Crippen LogP) is 4.06. The number of aromatic nitrogens is 2. The van der Waals surface area contributed by atoms with Crippen LogP contribution in [-0.2, 0) is 19.9 Å². The smallest absolute Gasteiger partial charge is 0.262 e. The molecule has 0 aliphatic heterocycles. The number of hydrogen-bond acceptors (Lipinski definition) is 5. The van der Waals surface area contributed by atoms with E-state index in [1.807, 2.05) is 24.3 Å². The summed E-state index contributed by atoms with van der Waals surface area (Å²) in [6.45, 7) is 0. The topological polar surface area (TPSA) is 52.0 Å². The Labute approximate surface area is 166 Å². The maximum absolute atomic E-state index is 12.8. The van der Waals surface area contributed by atoms with Crippen LogP contribution in [0.3, 0.4) is 0 Å². The van der Waals surface area contributed by atoms with Crippen molar-refractivity contribution in [3.63, 3.8) is 0 Å². The molecular weight excluding hydrogens is 467 g/mol. The minimum atomic E-state index is 0.00798. The van der Waals surface area contributed by atoms with E-state index in [1.54, 1.807) is 23.0 Å². The van der Waals surface area contributed by atoms with Gasteiger partial charge in [-0.15, -0.1) is 11.3 Å². The minimum Gasteiger partial charge on any atom is -0.293 e. The quantitative estimate of drug-likeness (QED) is 0.244. The van der Waals surface area contributed by atoms with Crippen molar-refractivity contribution in [1.82, 2.24) is 9.55 Å². The maximum atomic E-state index is 12.8. The molecule has 0 atom stereocenters. The van der Waals surface area contributed by atoms with E-state index >= 15 is 0 Å². The normalized spacial score (nSPS) is 13.4. The van der Waals surface area contributed by atoms with E-state index in [-0.39, 0.29) is 17.1 Å². The summed E-state index contributed by atoms with van der Waals surface area (Å²) in [7, 11) is 1.74. The molecule has 7 heteroatoms. The van der Waals surface area contributed by atoms with E-state index in [0.717, 1.165) is 33.0 Å². The van der Waals surface area contributed by atoms with E-state index in [4.69, 9.17) is 0 Å². The van der Waals surface area contributed by atoms with E-state index in [1.165, 1.54) is 22.2 Å². The molecule has 4 nitrogen and oxygen atoms in total. The van der Waals surface area contributed by atoms with Crippen LogP contribution >= 0.6 is 45.7 Å². The van der Waals surface area contributed by atoms with Crippen LogP contribution in [0.25, 0.3) is 10.2 Å². The SMILES string of the molecule is Cn1c(SCC(=O)c2ccc(I)cc2)nc2sc3c(c2c1=O)CCC3. The molecule has 128 valence electrons. The molecular formula is C18H15IN2O2S2. The number of hydrogen-bond donors (Lipinski definition) is 0. The van der Waals surface area contributed by atoms with Crippen molar-refractivity contribution < 1.29 is 4.79 Å². The van der Waals surface area contributed by atoms with Gasteiger partial charge in [0, 0.05) is 21.1 Å². The van der Waals surface area contributed by atoms with E-state index in [2.05, 4.69) is 27.6 Å². The number of fused-ring (bicyclic) bond motifs is 3. The van der Waals surface area contributed by atoms with Crippen LogP contribution < -0.4 is 5.56 Å². The third-order valence-electron chi connectivity index (χ3n) is 4.40. The highest BCUT2D eigenvalue weighted by Gasteiger charge is 2.22. The van der Waals surface area contributed by atoms with Crippen molar-refractivity contribution in [1.29, 1.82) is 0 Å². The van der Waals surface area contributed by atoms with Crippen LogP contribution in [0.1, 0.15) is 27.2 Å². The number of Topliss-reactive ketones (excluding diaryl/α,β-unsaturated/α-hetero) is 1. The third kappa shape index (κ3) is 3.17.